The molecule has 0 amide bonds. The Morgan fingerprint density at radius 1 is 1.25 bits per heavy atom. The summed E-state index contributed by atoms with van der Waals surface area (Å²) in [4.78, 5) is 29.4. The maximum absolute atomic E-state index is 12.9. The Morgan fingerprint density at radius 3 is 2.54 bits per heavy atom. The molecule has 0 radical (unpaired) electrons. The fourth-order valence-corrected chi connectivity index (χ4v) is 3.30. The molecule has 10 nitrogen and oxygen atoms in total. The molecule has 0 fully saturated rings. The molecule has 3 aromatic heterocycles. The molecule has 3 heterocycles. The largest absolute Gasteiger partial charge is 0.360 e. The number of nitrogens with one attached hydrogen (secondary N) is 1. The number of fused-ring (bicyclic) bond motifs is 1. The van der Waals surface area contributed by atoms with Gasteiger partial charge >= 0.3 is 0 Å². The predicted octanol–water partition coefficient (Wildman–Crippen LogP) is 1.38. The van der Waals surface area contributed by atoms with E-state index in [0.717, 1.165) is 6.20 Å². The molecular formula is C16H18ClN7O3S. The third-order valence-electron chi connectivity index (χ3n) is 3.97. The van der Waals surface area contributed by atoms with Crippen molar-refractivity contribution in [1.29, 1.82) is 0 Å². The molecule has 148 valence electrons. The topological polar surface area (TPSA) is 146 Å². The summed E-state index contributed by atoms with van der Waals surface area (Å²) < 4.78 is 24.1. The van der Waals surface area contributed by atoms with Gasteiger partial charge in [-0.25, -0.2) is 23.5 Å². The van der Waals surface area contributed by atoms with Crippen LogP contribution < -0.4 is 16.0 Å². The lowest BCUT2D eigenvalue weighted by molar-refractivity contribution is 0.592. The highest BCUT2D eigenvalue weighted by Crippen LogP contribution is 2.19. The Labute approximate surface area is 165 Å². The number of hydrogen-bond acceptors (Lipinski definition) is 8. The molecule has 0 aliphatic heterocycles. The first-order valence-electron chi connectivity index (χ1n) is 8.26. The zero-order chi connectivity index (χ0) is 20.6. The van der Waals surface area contributed by atoms with Gasteiger partial charge in [-0.15, -0.1) is 0 Å². The maximum Gasteiger partial charge on any atom is 0.295 e. The number of aryl methyl sites for hydroxylation is 1. The van der Waals surface area contributed by atoms with E-state index in [0.29, 0.717) is 22.6 Å². The Kier molecular flexibility index (Phi) is 5.33. The summed E-state index contributed by atoms with van der Waals surface area (Å²) in [7, 11) is -3.81. The lowest BCUT2D eigenvalue weighted by Crippen LogP contribution is -2.28. The van der Waals surface area contributed by atoms with Crippen molar-refractivity contribution in [2.75, 3.05) is 5.32 Å². The third kappa shape index (κ3) is 3.96. The number of halogens is 1. The molecule has 28 heavy (non-hydrogen) atoms. The number of rotatable bonds is 5. The van der Waals surface area contributed by atoms with E-state index in [2.05, 4.69) is 25.3 Å². The van der Waals surface area contributed by atoms with Crippen molar-refractivity contribution in [3.8, 4) is 0 Å². The van der Waals surface area contributed by atoms with Crippen LogP contribution in [0.3, 0.4) is 0 Å². The normalized spacial score (nSPS) is 11.9. The Bertz CT molecular complexity index is 1210. The number of anilines is 1. The quantitative estimate of drug-likeness (QED) is 0.585. The van der Waals surface area contributed by atoms with Crippen LogP contribution in [0.5, 0.6) is 0 Å². The van der Waals surface area contributed by atoms with Crippen LogP contribution >= 0.6 is 11.6 Å². The first kappa shape index (κ1) is 20.1. The van der Waals surface area contributed by atoms with E-state index in [4.69, 9.17) is 16.7 Å². The zero-order valence-electron chi connectivity index (χ0n) is 15.3. The van der Waals surface area contributed by atoms with Crippen LogP contribution in [0, 0.1) is 6.92 Å². The third-order valence-corrected chi connectivity index (χ3v) is 5.03. The van der Waals surface area contributed by atoms with E-state index in [1.807, 2.05) is 13.8 Å². The van der Waals surface area contributed by atoms with Crippen LogP contribution in [0.1, 0.15) is 31.3 Å². The Balaban J connectivity index is 1.99. The highest BCUT2D eigenvalue weighted by Gasteiger charge is 2.17. The predicted molar refractivity (Wildman–Crippen MR) is 105 cm³/mol. The second-order valence-corrected chi connectivity index (χ2v) is 8.26. The first-order valence-corrected chi connectivity index (χ1v) is 10.2. The minimum absolute atomic E-state index is 0.0421. The molecule has 3 N–H and O–H groups in total. The average molecular weight is 424 g/mol. The summed E-state index contributed by atoms with van der Waals surface area (Å²) >= 11 is 5.94. The van der Waals surface area contributed by atoms with Crippen molar-refractivity contribution >= 4 is 38.6 Å². The van der Waals surface area contributed by atoms with E-state index < -0.39 is 10.0 Å². The highest BCUT2D eigenvalue weighted by molar-refractivity contribution is 7.89. The van der Waals surface area contributed by atoms with Crippen LogP contribution in [-0.4, -0.2) is 32.9 Å². The van der Waals surface area contributed by atoms with Gasteiger partial charge in [0.1, 0.15) is 10.4 Å². The molecule has 3 rings (SSSR count). The standard InChI is InChI=1S/C16H18ClN7O3S/c1-8(2)24-14-12(9(3)21-16(17)23-14)22-13(15(24)25)20-6-10-4-5-11(7-19-10)28(18,26)27/h4-5,7-8H,6H2,1-3H3,(H,20,22)(H2,18,26,27). The van der Waals surface area contributed by atoms with Crippen LogP contribution in [0.15, 0.2) is 28.0 Å². The fraction of sp³-hybridized carbons (Fsp3) is 0.312. The summed E-state index contributed by atoms with van der Waals surface area (Å²) in [6, 6.07) is 2.67. The number of primary sulfonamides is 1. The Morgan fingerprint density at radius 2 is 1.96 bits per heavy atom. The Hall–Kier alpha value is -2.63. The molecule has 0 unspecified atom stereocenters. The molecule has 0 saturated carbocycles. The number of sulfonamides is 1. The minimum atomic E-state index is -3.81. The number of nitrogens with two attached hydrogens (primary N) is 1. The molecule has 3 aromatic rings. The zero-order valence-corrected chi connectivity index (χ0v) is 16.9. The summed E-state index contributed by atoms with van der Waals surface area (Å²) in [6.45, 7) is 5.59. The van der Waals surface area contributed by atoms with Gasteiger partial charge in [0.2, 0.25) is 15.3 Å². The molecule has 0 aliphatic carbocycles. The van der Waals surface area contributed by atoms with E-state index in [9.17, 15) is 13.2 Å². The monoisotopic (exact) mass is 423 g/mol. The first-order chi connectivity index (χ1) is 13.1. The van der Waals surface area contributed by atoms with Crippen LogP contribution in [0.2, 0.25) is 5.28 Å². The van der Waals surface area contributed by atoms with E-state index >= 15 is 0 Å². The van der Waals surface area contributed by atoms with Gasteiger partial charge in [0.15, 0.2) is 11.5 Å². The molecule has 0 aromatic carbocycles. The van der Waals surface area contributed by atoms with Gasteiger partial charge in [0.05, 0.1) is 17.9 Å². The van der Waals surface area contributed by atoms with Gasteiger partial charge in [0.25, 0.3) is 5.56 Å². The van der Waals surface area contributed by atoms with E-state index in [1.165, 1.54) is 16.7 Å². The summed E-state index contributed by atoms with van der Waals surface area (Å²) in [5, 5.41) is 8.04. The second kappa shape index (κ2) is 7.41. The van der Waals surface area contributed by atoms with Crippen molar-refractivity contribution in [2.45, 2.75) is 38.3 Å². The maximum atomic E-state index is 12.9. The van der Waals surface area contributed by atoms with E-state index in [-0.39, 0.29) is 34.1 Å². The van der Waals surface area contributed by atoms with Crippen LogP contribution in [-0.2, 0) is 16.6 Å². The van der Waals surface area contributed by atoms with Gasteiger partial charge in [-0.05, 0) is 44.5 Å². The van der Waals surface area contributed by atoms with Crippen molar-refractivity contribution in [3.05, 3.63) is 45.4 Å². The SMILES string of the molecule is Cc1nc(Cl)nc2c1nc(NCc1ccc(S(N)(=O)=O)cn1)c(=O)n2C(C)C. The molecule has 0 saturated heterocycles. The molecule has 0 bridgehead atoms. The van der Waals surface area contributed by atoms with Crippen molar-refractivity contribution in [1.82, 2.24) is 24.5 Å². The number of pyridine rings is 1. The van der Waals surface area contributed by atoms with Crippen molar-refractivity contribution < 1.29 is 8.42 Å². The second-order valence-electron chi connectivity index (χ2n) is 6.36. The average Bonchev–Trinajstić information content (AvgIpc) is 2.59. The molecule has 0 aliphatic rings. The summed E-state index contributed by atoms with van der Waals surface area (Å²) in [6.07, 6.45) is 1.16. The number of aromatic nitrogens is 5. The van der Waals surface area contributed by atoms with Gasteiger partial charge in [-0.2, -0.15) is 4.98 Å². The lowest BCUT2D eigenvalue weighted by Gasteiger charge is -2.16. The minimum Gasteiger partial charge on any atom is -0.360 e. The van der Waals surface area contributed by atoms with Crippen molar-refractivity contribution in [2.24, 2.45) is 5.14 Å². The lowest BCUT2D eigenvalue weighted by atomic mass is 10.3. The highest BCUT2D eigenvalue weighted by atomic mass is 35.5. The molecular weight excluding hydrogens is 406 g/mol. The van der Waals surface area contributed by atoms with Gasteiger partial charge in [-0.3, -0.25) is 14.3 Å². The van der Waals surface area contributed by atoms with Crippen LogP contribution in [0.25, 0.3) is 11.2 Å². The number of hydrogen-bond donors (Lipinski definition) is 2. The molecule has 0 spiro atoms. The van der Waals surface area contributed by atoms with Gasteiger partial charge in [0, 0.05) is 12.2 Å². The van der Waals surface area contributed by atoms with E-state index in [1.54, 1.807) is 6.92 Å². The summed E-state index contributed by atoms with van der Waals surface area (Å²) in [5.74, 6) is 0.104. The van der Waals surface area contributed by atoms with Crippen LogP contribution in [0.4, 0.5) is 5.82 Å². The smallest absolute Gasteiger partial charge is 0.295 e. The van der Waals surface area contributed by atoms with Gasteiger partial charge in [-0.1, -0.05) is 0 Å². The molecule has 0 atom stereocenters. The molecule has 12 heteroatoms. The number of nitrogens with zero attached hydrogens (tertiary/aromatic N) is 5. The van der Waals surface area contributed by atoms with Crippen molar-refractivity contribution in [3.63, 3.8) is 0 Å². The fourth-order valence-electron chi connectivity index (χ4n) is 2.64. The van der Waals surface area contributed by atoms with Gasteiger partial charge < -0.3 is 5.32 Å². The summed E-state index contributed by atoms with van der Waals surface area (Å²) in [5.41, 5.74) is 1.51.